The molecule has 0 amide bonds. The predicted octanol–water partition coefficient (Wildman–Crippen LogP) is 5.31. The van der Waals surface area contributed by atoms with Crippen LogP contribution in [0.4, 0.5) is 15.8 Å². The highest BCUT2D eigenvalue weighted by Crippen LogP contribution is 2.16. The van der Waals surface area contributed by atoms with Gasteiger partial charge in [-0.25, -0.2) is 4.39 Å². The largest absolute Gasteiger partial charge is 0.494 e. The Labute approximate surface area is 144 Å². The van der Waals surface area contributed by atoms with Gasteiger partial charge in [-0.15, -0.1) is 0 Å². The average Bonchev–Trinajstić information content (AvgIpc) is 2.61. The molecule has 4 heteroatoms. The number of anilines is 2. The minimum Gasteiger partial charge on any atom is -0.494 e. The molecule has 2 aromatic carbocycles. The van der Waals surface area contributed by atoms with Gasteiger partial charge in [0, 0.05) is 18.8 Å². The Balaban J connectivity index is 1.64. The van der Waals surface area contributed by atoms with Crippen molar-refractivity contribution in [3.8, 4) is 5.75 Å². The molecular weight excluding hydrogens is 303 g/mol. The lowest BCUT2D eigenvalue weighted by Crippen LogP contribution is -2.14. The van der Waals surface area contributed by atoms with Crippen LogP contribution in [0.25, 0.3) is 0 Å². The van der Waals surface area contributed by atoms with E-state index in [4.69, 9.17) is 4.74 Å². The number of hydrogen-bond donors (Lipinski definition) is 2. The van der Waals surface area contributed by atoms with Crippen molar-refractivity contribution in [1.82, 2.24) is 0 Å². The third-order valence-corrected chi connectivity index (χ3v) is 3.76. The third-order valence-electron chi connectivity index (χ3n) is 3.76. The topological polar surface area (TPSA) is 33.3 Å². The van der Waals surface area contributed by atoms with Crippen LogP contribution >= 0.6 is 0 Å². The van der Waals surface area contributed by atoms with Crippen molar-refractivity contribution in [3.63, 3.8) is 0 Å². The molecule has 0 aromatic heterocycles. The molecule has 130 valence electrons. The number of halogens is 1. The molecule has 24 heavy (non-hydrogen) atoms. The summed E-state index contributed by atoms with van der Waals surface area (Å²) in [6.07, 6.45) is 4.85. The zero-order chi connectivity index (χ0) is 17.0. The van der Waals surface area contributed by atoms with E-state index in [0.717, 1.165) is 24.5 Å². The Kier molecular flexibility index (Phi) is 7.94. The lowest BCUT2D eigenvalue weighted by atomic mass is 10.2. The Bertz CT molecular complexity index is 586. The number of hydrogen-bond acceptors (Lipinski definition) is 3. The van der Waals surface area contributed by atoms with Crippen molar-refractivity contribution < 1.29 is 9.13 Å². The first-order valence-electron chi connectivity index (χ1n) is 8.74. The van der Waals surface area contributed by atoms with E-state index in [1.165, 1.54) is 25.3 Å². The van der Waals surface area contributed by atoms with Gasteiger partial charge in [-0.2, -0.15) is 0 Å². The molecular formula is C20H27FN2O. The minimum atomic E-state index is -0.224. The number of benzene rings is 2. The third kappa shape index (κ3) is 6.49. The van der Waals surface area contributed by atoms with Crippen molar-refractivity contribution in [3.05, 3.63) is 54.3 Å². The van der Waals surface area contributed by atoms with Gasteiger partial charge in [-0.05, 0) is 42.8 Å². The molecule has 0 spiro atoms. The van der Waals surface area contributed by atoms with E-state index in [-0.39, 0.29) is 5.82 Å². The van der Waals surface area contributed by atoms with Gasteiger partial charge in [0.05, 0.1) is 12.3 Å². The molecule has 0 saturated carbocycles. The lowest BCUT2D eigenvalue weighted by Gasteiger charge is -2.10. The molecule has 0 unspecified atom stereocenters. The highest BCUT2D eigenvalue weighted by molar-refractivity contribution is 5.47. The van der Waals surface area contributed by atoms with Gasteiger partial charge in [0.1, 0.15) is 11.6 Å². The fraction of sp³-hybridized carbons (Fsp3) is 0.400. The van der Waals surface area contributed by atoms with Crippen LogP contribution in [0.2, 0.25) is 0 Å². The van der Waals surface area contributed by atoms with Gasteiger partial charge in [0.2, 0.25) is 0 Å². The molecule has 0 heterocycles. The Hall–Kier alpha value is -2.23. The van der Waals surface area contributed by atoms with Crippen LogP contribution in [-0.2, 0) is 0 Å². The number of rotatable bonds is 11. The maximum atomic E-state index is 13.5. The van der Waals surface area contributed by atoms with E-state index < -0.39 is 0 Å². The maximum Gasteiger partial charge on any atom is 0.146 e. The van der Waals surface area contributed by atoms with Gasteiger partial charge in [0.15, 0.2) is 0 Å². The van der Waals surface area contributed by atoms with Crippen LogP contribution < -0.4 is 15.4 Å². The molecule has 2 aromatic rings. The molecule has 0 saturated heterocycles. The van der Waals surface area contributed by atoms with Crippen molar-refractivity contribution in [2.75, 3.05) is 30.3 Å². The van der Waals surface area contributed by atoms with Crippen molar-refractivity contribution in [2.24, 2.45) is 0 Å². The summed E-state index contributed by atoms with van der Waals surface area (Å²) >= 11 is 0. The summed E-state index contributed by atoms with van der Waals surface area (Å²) in [6, 6.07) is 14.7. The second-order valence-corrected chi connectivity index (χ2v) is 5.77. The quantitative estimate of drug-likeness (QED) is 0.548. The molecule has 0 bridgehead atoms. The molecule has 0 aliphatic heterocycles. The second-order valence-electron chi connectivity index (χ2n) is 5.77. The van der Waals surface area contributed by atoms with Crippen LogP contribution in [0.1, 0.15) is 32.6 Å². The first kappa shape index (κ1) is 18.1. The summed E-state index contributed by atoms with van der Waals surface area (Å²) in [5, 5.41) is 6.38. The highest BCUT2D eigenvalue weighted by Gasteiger charge is 1.99. The predicted molar refractivity (Wildman–Crippen MR) is 99.5 cm³/mol. The molecule has 3 nitrogen and oxygen atoms in total. The normalized spacial score (nSPS) is 10.4. The zero-order valence-electron chi connectivity index (χ0n) is 14.4. The molecule has 2 rings (SSSR count). The SMILES string of the molecule is CCCCCCOc1ccc(NCCNc2ccccc2F)cc1. The molecule has 0 aliphatic rings. The summed E-state index contributed by atoms with van der Waals surface area (Å²) in [4.78, 5) is 0. The van der Waals surface area contributed by atoms with E-state index in [1.807, 2.05) is 30.3 Å². The first-order valence-corrected chi connectivity index (χ1v) is 8.74. The van der Waals surface area contributed by atoms with Crippen LogP contribution in [0.15, 0.2) is 48.5 Å². The Morgan fingerprint density at radius 1 is 0.875 bits per heavy atom. The summed E-state index contributed by atoms with van der Waals surface area (Å²) in [6.45, 7) is 4.35. The van der Waals surface area contributed by atoms with Crippen molar-refractivity contribution in [2.45, 2.75) is 32.6 Å². The summed E-state index contributed by atoms with van der Waals surface area (Å²) < 4.78 is 19.2. The minimum absolute atomic E-state index is 0.224. The number of ether oxygens (including phenoxy) is 1. The van der Waals surface area contributed by atoms with E-state index in [0.29, 0.717) is 18.8 Å². The zero-order valence-corrected chi connectivity index (χ0v) is 14.4. The van der Waals surface area contributed by atoms with E-state index in [1.54, 1.807) is 12.1 Å². The smallest absolute Gasteiger partial charge is 0.146 e. The maximum absolute atomic E-state index is 13.5. The van der Waals surface area contributed by atoms with Crippen LogP contribution in [0, 0.1) is 5.82 Å². The highest BCUT2D eigenvalue weighted by atomic mass is 19.1. The summed E-state index contributed by atoms with van der Waals surface area (Å²) in [5.74, 6) is 0.680. The van der Waals surface area contributed by atoms with E-state index >= 15 is 0 Å². The summed E-state index contributed by atoms with van der Waals surface area (Å²) in [7, 11) is 0. The van der Waals surface area contributed by atoms with Gasteiger partial charge in [-0.3, -0.25) is 0 Å². The number of unbranched alkanes of at least 4 members (excludes halogenated alkanes) is 3. The molecule has 0 radical (unpaired) electrons. The van der Waals surface area contributed by atoms with Gasteiger partial charge in [0.25, 0.3) is 0 Å². The average molecular weight is 330 g/mol. The Morgan fingerprint density at radius 2 is 1.62 bits per heavy atom. The van der Waals surface area contributed by atoms with Crippen molar-refractivity contribution in [1.29, 1.82) is 0 Å². The Morgan fingerprint density at radius 3 is 2.38 bits per heavy atom. The fourth-order valence-corrected chi connectivity index (χ4v) is 2.40. The molecule has 2 N–H and O–H groups in total. The number of nitrogens with one attached hydrogen (secondary N) is 2. The van der Waals surface area contributed by atoms with Crippen LogP contribution in [-0.4, -0.2) is 19.7 Å². The summed E-state index contributed by atoms with van der Waals surface area (Å²) in [5.41, 5.74) is 1.56. The second kappa shape index (κ2) is 10.5. The van der Waals surface area contributed by atoms with Crippen molar-refractivity contribution >= 4 is 11.4 Å². The standard InChI is InChI=1S/C20H27FN2O/c1-2-3-4-7-16-24-18-12-10-17(11-13-18)22-14-15-23-20-9-6-5-8-19(20)21/h5-6,8-13,22-23H,2-4,7,14-16H2,1H3. The number of para-hydroxylation sites is 1. The molecule has 0 aliphatic carbocycles. The van der Waals surface area contributed by atoms with Gasteiger partial charge in [-0.1, -0.05) is 38.3 Å². The molecule has 0 fully saturated rings. The first-order chi connectivity index (χ1) is 11.8. The fourth-order valence-electron chi connectivity index (χ4n) is 2.40. The van der Waals surface area contributed by atoms with E-state index in [9.17, 15) is 4.39 Å². The van der Waals surface area contributed by atoms with E-state index in [2.05, 4.69) is 17.6 Å². The lowest BCUT2D eigenvalue weighted by molar-refractivity contribution is 0.305. The van der Waals surface area contributed by atoms with Gasteiger partial charge < -0.3 is 15.4 Å². The monoisotopic (exact) mass is 330 g/mol. The van der Waals surface area contributed by atoms with Crippen LogP contribution in [0.5, 0.6) is 5.75 Å². The van der Waals surface area contributed by atoms with Gasteiger partial charge >= 0.3 is 0 Å². The molecule has 0 atom stereocenters. The van der Waals surface area contributed by atoms with Crippen LogP contribution in [0.3, 0.4) is 0 Å².